The third kappa shape index (κ3) is 30.2. The Morgan fingerprint density at radius 3 is 1.43 bits per heavy atom. The van der Waals surface area contributed by atoms with E-state index in [-0.39, 0.29) is 25.6 Å². The zero-order valence-electron chi connectivity index (χ0n) is 43.5. The van der Waals surface area contributed by atoms with Gasteiger partial charge >= 0.3 is 5.97 Å². The van der Waals surface area contributed by atoms with E-state index in [9.17, 15) is 40.5 Å². The second kappa shape index (κ2) is 43.4. The molecule has 0 aliphatic carbocycles. The summed E-state index contributed by atoms with van der Waals surface area (Å²) >= 11 is 0. The van der Waals surface area contributed by atoms with Crippen LogP contribution in [0.2, 0.25) is 0 Å². The van der Waals surface area contributed by atoms with E-state index < -0.39 is 80.7 Å². The maximum Gasteiger partial charge on any atom is 0.306 e. The Bertz CT molecular complexity index is 1340. The third-order valence-corrected chi connectivity index (χ3v) is 13.1. The van der Waals surface area contributed by atoms with E-state index in [1.165, 1.54) is 109 Å². The van der Waals surface area contributed by atoms with Gasteiger partial charge in [0.25, 0.3) is 0 Å². The summed E-state index contributed by atoms with van der Waals surface area (Å²) in [6.07, 6.45) is 34.5. The van der Waals surface area contributed by atoms with Crippen molar-refractivity contribution in [1.82, 2.24) is 0 Å². The van der Waals surface area contributed by atoms with Crippen molar-refractivity contribution in [3.05, 3.63) is 48.6 Å². The van der Waals surface area contributed by atoms with Crippen LogP contribution in [0.25, 0.3) is 0 Å². The van der Waals surface area contributed by atoms with Gasteiger partial charge in [0.2, 0.25) is 0 Å². The minimum absolute atomic E-state index is 0.0536. The van der Waals surface area contributed by atoms with Gasteiger partial charge in [-0.25, -0.2) is 0 Å². The van der Waals surface area contributed by atoms with Crippen molar-refractivity contribution in [2.75, 3.05) is 33.0 Å². The molecule has 70 heavy (non-hydrogen) atoms. The Balaban J connectivity index is 1.72. The Morgan fingerprint density at radius 2 is 0.886 bits per heavy atom. The summed E-state index contributed by atoms with van der Waals surface area (Å²) in [7, 11) is 0. The lowest BCUT2D eigenvalue weighted by atomic mass is 9.98. The summed E-state index contributed by atoms with van der Waals surface area (Å²) < 4.78 is 34.3. The van der Waals surface area contributed by atoms with E-state index in [0.29, 0.717) is 13.0 Å². The Morgan fingerprint density at radius 1 is 0.471 bits per heavy atom. The Labute approximate surface area is 422 Å². The SMILES string of the molecule is CCCCC/C=C\CCCCCCCCOCC(COC1OC(COC2OC(CO)C(O)C(O)C2O)C(O)C(O)C1O)OC(=O)CCCCCCCCCC/C=C\C/C=C\C/C=C\CCCCCCC. The molecule has 14 nitrogen and oxygen atoms in total. The predicted molar refractivity (Wildman–Crippen MR) is 275 cm³/mol. The molecule has 11 unspecified atom stereocenters. The summed E-state index contributed by atoms with van der Waals surface area (Å²) in [5.74, 6) is -0.386. The van der Waals surface area contributed by atoms with Crippen LogP contribution in [0.3, 0.4) is 0 Å². The zero-order valence-corrected chi connectivity index (χ0v) is 43.5. The fraction of sp³-hybridized carbons (Fsp3) is 0.839. The minimum Gasteiger partial charge on any atom is -0.457 e. The molecule has 0 bridgehead atoms. The number of ether oxygens (including phenoxy) is 6. The molecular weight excluding hydrogens is 897 g/mol. The van der Waals surface area contributed by atoms with Gasteiger partial charge in [-0.3, -0.25) is 4.79 Å². The highest BCUT2D eigenvalue weighted by atomic mass is 16.7. The monoisotopic (exact) mass is 997 g/mol. The molecule has 0 aromatic heterocycles. The van der Waals surface area contributed by atoms with Crippen LogP contribution in [0.1, 0.15) is 200 Å². The van der Waals surface area contributed by atoms with Crippen LogP contribution < -0.4 is 0 Å². The molecule has 408 valence electrons. The van der Waals surface area contributed by atoms with E-state index in [0.717, 1.165) is 64.2 Å². The molecule has 2 saturated heterocycles. The van der Waals surface area contributed by atoms with Crippen LogP contribution >= 0.6 is 0 Å². The van der Waals surface area contributed by atoms with Crippen molar-refractivity contribution in [1.29, 1.82) is 0 Å². The number of aliphatic hydroxyl groups is 7. The van der Waals surface area contributed by atoms with Crippen molar-refractivity contribution < 1.29 is 69.0 Å². The largest absolute Gasteiger partial charge is 0.457 e. The lowest BCUT2D eigenvalue weighted by Gasteiger charge is -2.42. The van der Waals surface area contributed by atoms with E-state index in [1.807, 2.05) is 0 Å². The molecule has 2 heterocycles. The van der Waals surface area contributed by atoms with E-state index in [4.69, 9.17) is 28.4 Å². The maximum atomic E-state index is 13.0. The molecule has 0 spiro atoms. The molecule has 11 atom stereocenters. The Hall–Kier alpha value is -2.05. The van der Waals surface area contributed by atoms with Gasteiger partial charge in [-0.1, -0.05) is 165 Å². The average Bonchev–Trinajstić information content (AvgIpc) is 3.36. The number of unbranched alkanes of at least 4 members (excludes halogenated alkanes) is 22. The lowest BCUT2D eigenvalue weighted by Crippen LogP contribution is -2.61. The summed E-state index contributed by atoms with van der Waals surface area (Å²) in [6, 6.07) is 0. The van der Waals surface area contributed by atoms with Crippen LogP contribution in [-0.2, 0) is 33.2 Å². The van der Waals surface area contributed by atoms with Crippen LogP contribution in [-0.4, -0.2) is 142 Å². The van der Waals surface area contributed by atoms with Crippen molar-refractivity contribution in [2.45, 2.75) is 268 Å². The molecule has 0 amide bonds. The Kier molecular flexibility index (Phi) is 39.7. The highest BCUT2D eigenvalue weighted by molar-refractivity contribution is 5.69. The van der Waals surface area contributed by atoms with Gasteiger partial charge in [-0.2, -0.15) is 0 Å². The standard InChI is InChI=1S/C56H100O14/c1-3-5-7-9-11-13-15-17-18-19-20-21-22-23-24-25-26-27-29-31-33-35-37-39-48(58)68-45(42-65-40-38-36-34-32-30-28-16-14-12-10-8-6-4-2)43-66-55-54(64)52(62)50(60)47(70-55)44-67-56-53(63)51(61)49(59)46(41-57)69-56/h12,14-15,17,19-20,22-23,45-47,49-57,59-64H,3-11,13,16,18,21,24-44H2,1-2H3/b14-12-,17-15-,20-19-,23-22-. The fourth-order valence-electron chi connectivity index (χ4n) is 8.52. The molecule has 7 N–H and O–H groups in total. The zero-order chi connectivity index (χ0) is 50.9. The van der Waals surface area contributed by atoms with Gasteiger partial charge in [0.15, 0.2) is 12.6 Å². The number of hydrogen-bond donors (Lipinski definition) is 7. The number of hydrogen-bond acceptors (Lipinski definition) is 14. The molecule has 0 aromatic carbocycles. The summed E-state index contributed by atoms with van der Waals surface area (Å²) in [6.45, 7) is 3.64. The predicted octanol–water partition coefficient (Wildman–Crippen LogP) is 9.13. The first-order valence-electron chi connectivity index (χ1n) is 27.7. The lowest BCUT2D eigenvalue weighted by molar-refractivity contribution is -0.332. The van der Waals surface area contributed by atoms with Gasteiger partial charge in [0.05, 0.1) is 26.4 Å². The maximum absolute atomic E-state index is 13.0. The van der Waals surface area contributed by atoms with E-state index in [2.05, 4.69) is 62.5 Å². The first kappa shape index (κ1) is 64.1. The van der Waals surface area contributed by atoms with Crippen molar-refractivity contribution in [2.24, 2.45) is 0 Å². The van der Waals surface area contributed by atoms with Gasteiger partial charge in [-0.05, 0) is 77.0 Å². The first-order valence-corrected chi connectivity index (χ1v) is 27.7. The van der Waals surface area contributed by atoms with Crippen molar-refractivity contribution in [3.8, 4) is 0 Å². The summed E-state index contributed by atoms with van der Waals surface area (Å²) in [4.78, 5) is 13.0. The number of esters is 1. The second-order valence-corrected chi connectivity index (χ2v) is 19.4. The third-order valence-electron chi connectivity index (χ3n) is 13.1. The molecule has 0 aromatic rings. The highest BCUT2D eigenvalue weighted by Gasteiger charge is 2.47. The molecule has 14 heteroatoms. The van der Waals surface area contributed by atoms with Gasteiger partial charge in [-0.15, -0.1) is 0 Å². The summed E-state index contributed by atoms with van der Waals surface area (Å²) in [5, 5.41) is 72.2. The molecule has 2 rings (SSSR count). The number of allylic oxidation sites excluding steroid dienone is 8. The normalized spacial score (nSPS) is 25.8. The minimum atomic E-state index is -1.71. The summed E-state index contributed by atoms with van der Waals surface area (Å²) in [5.41, 5.74) is 0. The van der Waals surface area contributed by atoms with Crippen molar-refractivity contribution in [3.63, 3.8) is 0 Å². The quantitative estimate of drug-likeness (QED) is 0.0172. The van der Waals surface area contributed by atoms with Crippen LogP contribution in [0, 0.1) is 0 Å². The van der Waals surface area contributed by atoms with Crippen LogP contribution in [0.4, 0.5) is 0 Å². The van der Waals surface area contributed by atoms with E-state index in [1.54, 1.807) is 0 Å². The second-order valence-electron chi connectivity index (χ2n) is 19.4. The molecule has 0 saturated carbocycles. The molecular formula is C56H100O14. The molecule has 2 aliphatic rings. The van der Waals surface area contributed by atoms with Crippen molar-refractivity contribution >= 4 is 5.97 Å². The number of aliphatic hydroxyl groups excluding tert-OH is 7. The molecule has 2 aliphatic heterocycles. The first-order chi connectivity index (χ1) is 34.1. The number of carbonyl (C=O) groups is 1. The van der Waals surface area contributed by atoms with E-state index >= 15 is 0 Å². The van der Waals surface area contributed by atoms with Crippen LogP contribution in [0.15, 0.2) is 48.6 Å². The molecule has 2 fully saturated rings. The van der Waals surface area contributed by atoms with Gasteiger partial charge in [0.1, 0.15) is 54.9 Å². The number of carbonyl (C=O) groups excluding carboxylic acids is 1. The fourth-order valence-corrected chi connectivity index (χ4v) is 8.52. The number of rotatable bonds is 44. The van der Waals surface area contributed by atoms with Gasteiger partial charge < -0.3 is 64.2 Å². The highest BCUT2D eigenvalue weighted by Crippen LogP contribution is 2.26. The van der Waals surface area contributed by atoms with Crippen LogP contribution in [0.5, 0.6) is 0 Å². The van der Waals surface area contributed by atoms with Gasteiger partial charge in [0, 0.05) is 13.0 Å². The average molecular weight is 997 g/mol. The molecule has 0 radical (unpaired) electrons. The smallest absolute Gasteiger partial charge is 0.306 e. The topological polar surface area (TPSA) is 214 Å².